The van der Waals surface area contributed by atoms with Crippen molar-refractivity contribution in [1.29, 1.82) is 0 Å². The fourth-order valence-corrected chi connectivity index (χ4v) is 2.74. The molecule has 0 spiro atoms. The number of nitrogens with one attached hydrogen (secondary N) is 1. The van der Waals surface area contributed by atoms with E-state index in [9.17, 15) is 9.59 Å². The topological polar surface area (TPSA) is 86.4 Å². The molecule has 1 atom stereocenters. The summed E-state index contributed by atoms with van der Waals surface area (Å²) < 4.78 is 6.84. The van der Waals surface area contributed by atoms with Crippen molar-refractivity contribution in [3.8, 4) is 5.69 Å². The van der Waals surface area contributed by atoms with Crippen LogP contribution in [0.3, 0.4) is 0 Å². The highest BCUT2D eigenvalue weighted by Crippen LogP contribution is 2.15. The van der Waals surface area contributed by atoms with Crippen molar-refractivity contribution < 1.29 is 9.53 Å². The number of hydrogen-bond acceptors (Lipinski definition) is 4. The third kappa shape index (κ3) is 6.25. The number of hydrogen-bond donors (Lipinski definition) is 2. The standard InChI is InChI=1S/C21H29N3O3/c1-14-6-9-19(25)24(13-14)18-8-7-16(15(2)10-18)11-17(22)12-23-20(26)27-21(3,4)5/h6-10,13,17H,11-12,22H2,1-5H3,(H,23,26). The molecular weight excluding hydrogens is 342 g/mol. The molecule has 146 valence electrons. The molecule has 1 heterocycles. The highest BCUT2D eigenvalue weighted by atomic mass is 16.6. The van der Waals surface area contributed by atoms with Crippen molar-refractivity contribution in [3.05, 3.63) is 63.6 Å². The lowest BCUT2D eigenvalue weighted by molar-refractivity contribution is 0.0524. The van der Waals surface area contributed by atoms with Crippen molar-refractivity contribution in [1.82, 2.24) is 9.88 Å². The van der Waals surface area contributed by atoms with Gasteiger partial charge in [0.05, 0.1) is 0 Å². The molecule has 6 nitrogen and oxygen atoms in total. The molecule has 1 amide bonds. The molecule has 6 heteroatoms. The summed E-state index contributed by atoms with van der Waals surface area (Å²) in [5.41, 5.74) is 9.53. The van der Waals surface area contributed by atoms with Crippen LogP contribution in [-0.4, -0.2) is 28.8 Å². The van der Waals surface area contributed by atoms with Gasteiger partial charge in [-0.25, -0.2) is 4.79 Å². The highest BCUT2D eigenvalue weighted by Gasteiger charge is 2.17. The number of carbonyl (C=O) groups is 1. The Morgan fingerprint density at radius 2 is 1.93 bits per heavy atom. The van der Waals surface area contributed by atoms with Gasteiger partial charge in [0, 0.05) is 30.5 Å². The first-order chi connectivity index (χ1) is 12.5. The molecular formula is C21H29N3O3. The number of aromatic nitrogens is 1. The van der Waals surface area contributed by atoms with Crippen LogP contribution < -0.4 is 16.6 Å². The van der Waals surface area contributed by atoms with Crippen LogP contribution >= 0.6 is 0 Å². The van der Waals surface area contributed by atoms with Gasteiger partial charge in [-0.3, -0.25) is 9.36 Å². The van der Waals surface area contributed by atoms with Crippen molar-refractivity contribution in [2.45, 2.75) is 52.7 Å². The number of alkyl carbamates (subject to hydrolysis) is 1. The van der Waals surface area contributed by atoms with E-state index in [1.165, 1.54) is 0 Å². The molecule has 2 aromatic rings. The number of benzene rings is 1. The van der Waals surface area contributed by atoms with Crippen molar-refractivity contribution in [3.63, 3.8) is 0 Å². The van der Waals surface area contributed by atoms with Crippen LogP contribution in [-0.2, 0) is 11.2 Å². The molecule has 0 bridgehead atoms. The van der Waals surface area contributed by atoms with Gasteiger partial charge < -0.3 is 15.8 Å². The lowest BCUT2D eigenvalue weighted by Crippen LogP contribution is -2.41. The van der Waals surface area contributed by atoms with E-state index in [4.69, 9.17) is 10.5 Å². The van der Waals surface area contributed by atoms with Gasteiger partial charge in [-0.1, -0.05) is 12.1 Å². The van der Waals surface area contributed by atoms with E-state index < -0.39 is 11.7 Å². The van der Waals surface area contributed by atoms with Gasteiger partial charge in [0.2, 0.25) is 0 Å². The third-order valence-corrected chi connectivity index (χ3v) is 4.05. The van der Waals surface area contributed by atoms with E-state index in [0.717, 1.165) is 22.4 Å². The molecule has 0 aliphatic rings. The van der Waals surface area contributed by atoms with Gasteiger partial charge in [0.15, 0.2) is 0 Å². The lowest BCUT2D eigenvalue weighted by Gasteiger charge is -2.21. The van der Waals surface area contributed by atoms with Crippen LogP contribution in [0.1, 0.15) is 37.5 Å². The Morgan fingerprint density at radius 1 is 1.22 bits per heavy atom. The SMILES string of the molecule is Cc1ccc(=O)n(-c2ccc(CC(N)CNC(=O)OC(C)(C)C)c(C)c2)c1. The fourth-order valence-electron chi connectivity index (χ4n) is 2.74. The van der Waals surface area contributed by atoms with Crippen LogP contribution in [0.5, 0.6) is 0 Å². The summed E-state index contributed by atoms with van der Waals surface area (Å²) in [5, 5.41) is 2.70. The smallest absolute Gasteiger partial charge is 0.407 e. The number of nitrogens with two attached hydrogens (primary N) is 1. The average molecular weight is 371 g/mol. The Kier molecular flexibility index (Phi) is 6.44. The Labute approximate surface area is 160 Å². The summed E-state index contributed by atoms with van der Waals surface area (Å²) in [4.78, 5) is 23.8. The van der Waals surface area contributed by atoms with Gasteiger partial charge in [0.25, 0.3) is 5.56 Å². The summed E-state index contributed by atoms with van der Waals surface area (Å²) >= 11 is 0. The first-order valence-corrected chi connectivity index (χ1v) is 9.07. The zero-order valence-corrected chi connectivity index (χ0v) is 16.7. The van der Waals surface area contributed by atoms with Crippen LogP contribution in [0, 0.1) is 13.8 Å². The second-order valence-corrected chi connectivity index (χ2v) is 7.87. The normalized spacial score (nSPS) is 12.5. The van der Waals surface area contributed by atoms with Gasteiger partial charge in [0.1, 0.15) is 5.60 Å². The van der Waals surface area contributed by atoms with Gasteiger partial charge in [-0.2, -0.15) is 0 Å². The van der Waals surface area contributed by atoms with E-state index in [2.05, 4.69) is 5.32 Å². The predicted molar refractivity (Wildman–Crippen MR) is 107 cm³/mol. The van der Waals surface area contributed by atoms with Gasteiger partial charge in [-0.15, -0.1) is 0 Å². The molecule has 0 aliphatic carbocycles. The number of rotatable bonds is 5. The molecule has 1 aromatic carbocycles. The number of aryl methyl sites for hydroxylation is 2. The first kappa shape index (κ1) is 20.7. The van der Waals surface area contributed by atoms with Crippen LogP contribution in [0.25, 0.3) is 5.69 Å². The molecule has 27 heavy (non-hydrogen) atoms. The van der Waals surface area contributed by atoms with Crippen LogP contribution in [0.4, 0.5) is 4.79 Å². The molecule has 0 radical (unpaired) electrons. The number of ether oxygens (including phenoxy) is 1. The summed E-state index contributed by atoms with van der Waals surface area (Å²) in [6.07, 6.45) is 1.97. The highest BCUT2D eigenvalue weighted by molar-refractivity contribution is 5.67. The molecule has 3 N–H and O–H groups in total. The maximum Gasteiger partial charge on any atom is 0.407 e. The van der Waals surface area contributed by atoms with E-state index in [-0.39, 0.29) is 11.6 Å². The molecule has 0 aliphatic heterocycles. The summed E-state index contributed by atoms with van der Waals surface area (Å²) in [6, 6.07) is 9.01. The maximum absolute atomic E-state index is 12.1. The maximum atomic E-state index is 12.1. The molecule has 1 aromatic heterocycles. The van der Waals surface area contributed by atoms with Crippen molar-refractivity contribution in [2.24, 2.45) is 5.73 Å². The van der Waals surface area contributed by atoms with Crippen molar-refractivity contribution in [2.75, 3.05) is 6.54 Å². The monoisotopic (exact) mass is 371 g/mol. The predicted octanol–water partition coefficient (Wildman–Crippen LogP) is 2.85. The minimum absolute atomic E-state index is 0.0639. The zero-order valence-electron chi connectivity index (χ0n) is 16.7. The second kappa shape index (κ2) is 8.39. The van der Waals surface area contributed by atoms with Crippen LogP contribution in [0.2, 0.25) is 0 Å². The molecule has 0 fully saturated rings. The Morgan fingerprint density at radius 3 is 2.56 bits per heavy atom. The number of pyridine rings is 1. The van der Waals surface area contributed by atoms with Gasteiger partial charge in [-0.05, 0) is 69.9 Å². The Hall–Kier alpha value is -2.60. The quantitative estimate of drug-likeness (QED) is 0.846. The molecule has 0 saturated carbocycles. The Bertz CT molecular complexity index is 866. The summed E-state index contributed by atoms with van der Waals surface area (Å²) in [7, 11) is 0. The van der Waals surface area contributed by atoms with E-state index in [1.807, 2.05) is 59.0 Å². The average Bonchev–Trinajstić information content (AvgIpc) is 2.55. The number of amides is 1. The minimum atomic E-state index is -0.533. The molecule has 0 saturated heterocycles. The largest absolute Gasteiger partial charge is 0.444 e. The summed E-state index contributed by atoms with van der Waals surface area (Å²) in [5.74, 6) is 0. The van der Waals surface area contributed by atoms with Crippen molar-refractivity contribution >= 4 is 6.09 Å². The fraction of sp³-hybridized carbons (Fsp3) is 0.429. The zero-order chi connectivity index (χ0) is 20.2. The van der Waals surface area contributed by atoms with Gasteiger partial charge >= 0.3 is 6.09 Å². The van der Waals surface area contributed by atoms with Crippen LogP contribution in [0.15, 0.2) is 41.3 Å². The minimum Gasteiger partial charge on any atom is -0.444 e. The third-order valence-electron chi connectivity index (χ3n) is 4.05. The summed E-state index contributed by atoms with van der Waals surface area (Å²) in [6.45, 7) is 9.72. The lowest BCUT2D eigenvalue weighted by atomic mass is 10.0. The van der Waals surface area contributed by atoms with E-state index >= 15 is 0 Å². The number of carbonyl (C=O) groups excluding carboxylic acids is 1. The molecule has 2 rings (SSSR count). The van der Waals surface area contributed by atoms with E-state index in [0.29, 0.717) is 13.0 Å². The Balaban J connectivity index is 2.02. The molecule has 1 unspecified atom stereocenters. The first-order valence-electron chi connectivity index (χ1n) is 9.07. The second-order valence-electron chi connectivity index (χ2n) is 7.87. The van der Waals surface area contributed by atoms with E-state index in [1.54, 1.807) is 16.7 Å². The number of nitrogens with zero attached hydrogens (tertiary/aromatic N) is 1.